The van der Waals surface area contributed by atoms with Gasteiger partial charge in [-0.2, -0.15) is 0 Å². The van der Waals surface area contributed by atoms with E-state index >= 15 is 0 Å². The summed E-state index contributed by atoms with van der Waals surface area (Å²) in [5, 5.41) is 1.28. The van der Waals surface area contributed by atoms with E-state index in [0.717, 1.165) is 42.8 Å². The Labute approximate surface area is 196 Å². The van der Waals surface area contributed by atoms with Crippen molar-refractivity contribution in [2.24, 2.45) is 0 Å². The third-order valence-corrected chi connectivity index (χ3v) is 6.05. The van der Waals surface area contributed by atoms with Crippen LogP contribution in [0.3, 0.4) is 0 Å². The van der Waals surface area contributed by atoms with Crippen LogP contribution in [0.2, 0.25) is 0 Å². The molecule has 1 aromatic heterocycles. The number of nitrogens with zero attached hydrogens (tertiary/aromatic N) is 2. The maximum atomic E-state index is 12.7. The number of Topliss-reactive ketones (excluding diaryl/α,β-unsaturated/α-hetero) is 1. The van der Waals surface area contributed by atoms with Crippen molar-refractivity contribution in [3.8, 4) is 5.75 Å². The van der Waals surface area contributed by atoms with Crippen LogP contribution < -0.4 is 4.74 Å². The second-order valence-corrected chi connectivity index (χ2v) is 8.88. The number of rotatable bonds is 10. The summed E-state index contributed by atoms with van der Waals surface area (Å²) >= 11 is 0. The predicted molar refractivity (Wildman–Crippen MR) is 135 cm³/mol. The van der Waals surface area contributed by atoms with Crippen LogP contribution in [0.25, 0.3) is 10.9 Å². The summed E-state index contributed by atoms with van der Waals surface area (Å²) in [5.74, 6) is 0.929. The SMILES string of the molecule is COc1ccc(CC(=O)c2ccc(Cc3ccc4c(ccn4CCCN(C)C)c3)cc2)cc1. The number of hydrogen-bond acceptors (Lipinski definition) is 3. The van der Waals surface area contributed by atoms with Gasteiger partial charge in [-0.15, -0.1) is 0 Å². The van der Waals surface area contributed by atoms with Crippen molar-refractivity contribution in [2.45, 2.75) is 25.8 Å². The Bertz CT molecular complexity index is 1200. The van der Waals surface area contributed by atoms with Crippen molar-refractivity contribution in [1.29, 1.82) is 0 Å². The number of hydrogen-bond donors (Lipinski definition) is 0. The minimum absolute atomic E-state index is 0.128. The fourth-order valence-corrected chi connectivity index (χ4v) is 4.19. The molecule has 0 N–H and O–H groups in total. The molecule has 170 valence electrons. The van der Waals surface area contributed by atoms with Crippen molar-refractivity contribution in [2.75, 3.05) is 27.7 Å². The van der Waals surface area contributed by atoms with Gasteiger partial charge in [0.15, 0.2) is 5.78 Å². The van der Waals surface area contributed by atoms with Gasteiger partial charge in [0.2, 0.25) is 0 Å². The molecular formula is C29H32N2O2. The Hall–Kier alpha value is -3.37. The molecule has 0 amide bonds. The Morgan fingerprint density at radius 2 is 1.58 bits per heavy atom. The quantitative estimate of drug-likeness (QED) is 0.300. The fraction of sp³-hybridized carbons (Fsp3) is 0.276. The van der Waals surface area contributed by atoms with Gasteiger partial charge in [-0.1, -0.05) is 42.5 Å². The molecule has 0 radical (unpaired) electrons. The monoisotopic (exact) mass is 440 g/mol. The van der Waals surface area contributed by atoms with Crippen LogP contribution in [0.15, 0.2) is 79.0 Å². The van der Waals surface area contributed by atoms with E-state index in [1.807, 2.05) is 36.4 Å². The fourth-order valence-electron chi connectivity index (χ4n) is 4.19. The van der Waals surface area contributed by atoms with Crippen molar-refractivity contribution in [3.05, 3.63) is 101 Å². The first-order chi connectivity index (χ1) is 16.0. The molecule has 0 fully saturated rings. The average Bonchev–Trinajstić information content (AvgIpc) is 3.22. The Morgan fingerprint density at radius 3 is 2.27 bits per heavy atom. The number of methoxy groups -OCH3 is 1. The maximum absolute atomic E-state index is 12.7. The Balaban J connectivity index is 1.38. The first-order valence-corrected chi connectivity index (χ1v) is 11.5. The van der Waals surface area contributed by atoms with Crippen LogP contribution in [-0.2, 0) is 19.4 Å². The standard InChI is InChI=1S/C29H32N2O2/c1-30(2)16-4-17-31-18-15-26-20-24(9-14-28(26)31)19-22-5-10-25(11-6-22)29(32)21-23-7-12-27(33-3)13-8-23/h5-15,18,20H,4,16-17,19,21H2,1-3H3. The van der Waals surface area contributed by atoms with Gasteiger partial charge in [-0.25, -0.2) is 0 Å². The summed E-state index contributed by atoms with van der Waals surface area (Å²) in [6.07, 6.45) is 4.58. The van der Waals surface area contributed by atoms with Gasteiger partial charge in [0.05, 0.1) is 7.11 Å². The topological polar surface area (TPSA) is 34.5 Å². The van der Waals surface area contributed by atoms with E-state index in [2.05, 4.69) is 66.2 Å². The number of carbonyl (C=O) groups is 1. The van der Waals surface area contributed by atoms with E-state index in [1.165, 1.54) is 22.0 Å². The molecular weight excluding hydrogens is 408 g/mol. The van der Waals surface area contributed by atoms with Crippen molar-refractivity contribution < 1.29 is 9.53 Å². The minimum Gasteiger partial charge on any atom is -0.497 e. The van der Waals surface area contributed by atoms with Gasteiger partial charge < -0.3 is 14.2 Å². The first kappa shape index (κ1) is 22.8. The number of ether oxygens (including phenoxy) is 1. The molecule has 0 saturated carbocycles. The van der Waals surface area contributed by atoms with Crippen LogP contribution in [0.4, 0.5) is 0 Å². The molecule has 0 bridgehead atoms. The van der Waals surface area contributed by atoms with Crippen molar-refractivity contribution in [3.63, 3.8) is 0 Å². The summed E-state index contributed by atoms with van der Waals surface area (Å²) in [5.41, 5.74) is 5.52. The van der Waals surface area contributed by atoms with E-state index < -0.39 is 0 Å². The molecule has 0 saturated heterocycles. The minimum atomic E-state index is 0.128. The number of aryl methyl sites for hydroxylation is 1. The van der Waals surface area contributed by atoms with E-state index in [9.17, 15) is 4.79 Å². The van der Waals surface area contributed by atoms with E-state index in [-0.39, 0.29) is 5.78 Å². The highest BCUT2D eigenvalue weighted by molar-refractivity contribution is 5.97. The normalized spacial score (nSPS) is 11.3. The first-order valence-electron chi connectivity index (χ1n) is 11.5. The molecule has 33 heavy (non-hydrogen) atoms. The Kier molecular flexibility index (Phi) is 7.26. The zero-order valence-electron chi connectivity index (χ0n) is 19.8. The Morgan fingerprint density at radius 1 is 0.879 bits per heavy atom. The van der Waals surface area contributed by atoms with Gasteiger partial charge in [0.1, 0.15) is 5.75 Å². The molecule has 0 aliphatic rings. The summed E-state index contributed by atoms with van der Waals surface area (Å²) in [6, 6.07) is 24.6. The molecule has 0 aliphatic heterocycles. The number of carbonyl (C=O) groups excluding carboxylic acids is 1. The second-order valence-electron chi connectivity index (χ2n) is 8.88. The third-order valence-electron chi connectivity index (χ3n) is 6.05. The lowest BCUT2D eigenvalue weighted by molar-refractivity contribution is 0.0993. The highest BCUT2D eigenvalue weighted by Gasteiger charge is 2.09. The van der Waals surface area contributed by atoms with Crippen molar-refractivity contribution in [1.82, 2.24) is 9.47 Å². The van der Waals surface area contributed by atoms with Gasteiger partial charge in [-0.3, -0.25) is 4.79 Å². The zero-order valence-corrected chi connectivity index (χ0v) is 19.8. The van der Waals surface area contributed by atoms with Crippen LogP contribution in [0.5, 0.6) is 5.75 Å². The summed E-state index contributed by atoms with van der Waals surface area (Å²) in [6.45, 7) is 2.13. The highest BCUT2D eigenvalue weighted by Crippen LogP contribution is 2.21. The molecule has 0 unspecified atom stereocenters. The number of aromatic nitrogens is 1. The predicted octanol–water partition coefficient (Wildman–Crippen LogP) is 5.62. The van der Waals surface area contributed by atoms with Crippen molar-refractivity contribution >= 4 is 16.7 Å². The lowest BCUT2D eigenvalue weighted by Gasteiger charge is -2.11. The molecule has 4 nitrogen and oxygen atoms in total. The van der Waals surface area contributed by atoms with Gasteiger partial charge in [0, 0.05) is 30.2 Å². The van der Waals surface area contributed by atoms with E-state index in [4.69, 9.17) is 4.74 Å². The van der Waals surface area contributed by atoms with E-state index in [0.29, 0.717) is 6.42 Å². The molecule has 4 rings (SSSR count). The number of benzene rings is 3. The molecule has 1 heterocycles. The molecule has 0 spiro atoms. The zero-order chi connectivity index (χ0) is 23.2. The molecule has 0 aliphatic carbocycles. The van der Waals surface area contributed by atoms with Crippen LogP contribution >= 0.6 is 0 Å². The maximum Gasteiger partial charge on any atom is 0.167 e. The lowest BCUT2D eigenvalue weighted by Crippen LogP contribution is -2.14. The number of fused-ring (bicyclic) bond motifs is 1. The average molecular weight is 441 g/mol. The van der Waals surface area contributed by atoms with Crippen LogP contribution in [-0.4, -0.2) is 43.0 Å². The van der Waals surface area contributed by atoms with E-state index in [1.54, 1.807) is 7.11 Å². The summed E-state index contributed by atoms with van der Waals surface area (Å²) in [7, 11) is 5.87. The summed E-state index contributed by atoms with van der Waals surface area (Å²) in [4.78, 5) is 14.9. The largest absolute Gasteiger partial charge is 0.497 e. The van der Waals surface area contributed by atoms with Gasteiger partial charge >= 0.3 is 0 Å². The smallest absolute Gasteiger partial charge is 0.167 e. The summed E-state index contributed by atoms with van der Waals surface area (Å²) < 4.78 is 7.52. The highest BCUT2D eigenvalue weighted by atomic mass is 16.5. The molecule has 0 atom stereocenters. The molecule has 4 heteroatoms. The van der Waals surface area contributed by atoms with Crippen LogP contribution in [0, 0.1) is 0 Å². The molecule has 4 aromatic rings. The second kappa shape index (κ2) is 10.5. The lowest BCUT2D eigenvalue weighted by atomic mass is 9.99. The van der Waals surface area contributed by atoms with Gasteiger partial charge in [-0.05, 0) is 85.9 Å². The van der Waals surface area contributed by atoms with Gasteiger partial charge in [0.25, 0.3) is 0 Å². The third kappa shape index (κ3) is 5.91. The molecule has 3 aromatic carbocycles. The van der Waals surface area contributed by atoms with Crippen LogP contribution in [0.1, 0.15) is 33.5 Å². The number of ketones is 1.